The number of rotatable bonds is 5. The maximum atomic E-state index is 12.5. The average Bonchev–Trinajstić information content (AvgIpc) is 2.69. The van der Waals surface area contributed by atoms with E-state index >= 15 is 0 Å². The van der Waals surface area contributed by atoms with E-state index in [1.807, 2.05) is 32.9 Å². The van der Waals surface area contributed by atoms with Crippen molar-refractivity contribution >= 4 is 34.8 Å². The molecule has 8 heteroatoms. The van der Waals surface area contributed by atoms with Gasteiger partial charge in [0.1, 0.15) is 12.2 Å². The number of aryl methyl sites for hydroxylation is 3. The summed E-state index contributed by atoms with van der Waals surface area (Å²) in [6.07, 6.45) is 0. The summed E-state index contributed by atoms with van der Waals surface area (Å²) in [6, 6.07) is 13.2. The Balaban J connectivity index is 1.73. The summed E-state index contributed by atoms with van der Waals surface area (Å²) in [5, 5.41) is 9.96. The highest BCUT2D eigenvalue weighted by Crippen LogP contribution is 2.20. The minimum absolute atomic E-state index is 0.0269. The van der Waals surface area contributed by atoms with Crippen molar-refractivity contribution in [2.24, 2.45) is 0 Å². The van der Waals surface area contributed by atoms with Crippen LogP contribution in [0.4, 0.5) is 11.4 Å². The first kappa shape index (κ1) is 21.3. The van der Waals surface area contributed by atoms with E-state index in [9.17, 15) is 14.4 Å². The van der Waals surface area contributed by atoms with Crippen molar-refractivity contribution in [3.8, 4) is 0 Å². The van der Waals surface area contributed by atoms with Gasteiger partial charge in [-0.25, -0.2) is 4.68 Å². The molecule has 0 bridgehead atoms. The van der Waals surface area contributed by atoms with Crippen LogP contribution < -0.4 is 16.2 Å². The van der Waals surface area contributed by atoms with Crippen LogP contribution >= 0.6 is 11.6 Å². The van der Waals surface area contributed by atoms with Gasteiger partial charge in [0, 0.05) is 22.5 Å². The van der Waals surface area contributed by atoms with Gasteiger partial charge in [0.2, 0.25) is 5.91 Å². The lowest BCUT2D eigenvalue weighted by Crippen LogP contribution is -2.31. The molecule has 0 spiro atoms. The van der Waals surface area contributed by atoms with Crippen molar-refractivity contribution in [3.63, 3.8) is 0 Å². The second kappa shape index (κ2) is 8.92. The van der Waals surface area contributed by atoms with Crippen molar-refractivity contribution in [2.45, 2.75) is 27.3 Å². The van der Waals surface area contributed by atoms with E-state index in [1.165, 1.54) is 12.1 Å². The summed E-state index contributed by atoms with van der Waals surface area (Å²) in [6.45, 7) is 5.44. The number of hydrogen-bond donors (Lipinski definition) is 2. The van der Waals surface area contributed by atoms with E-state index in [0.717, 1.165) is 21.4 Å². The zero-order valence-electron chi connectivity index (χ0n) is 16.8. The number of carbonyl (C=O) groups excluding carboxylic acids is 2. The molecule has 2 N–H and O–H groups in total. The third kappa shape index (κ3) is 5.12. The fourth-order valence-corrected chi connectivity index (χ4v) is 2.89. The van der Waals surface area contributed by atoms with E-state index in [-0.39, 0.29) is 12.2 Å². The number of aromatic nitrogens is 2. The molecule has 0 atom stereocenters. The fourth-order valence-electron chi connectivity index (χ4n) is 2.70. The van der Waals surface area contributed by atoms with Gasteiger partial charge in [-0.3, -0.25) is 14.4 Å². The smallest absolute Gasteiger partial charge is 0.276 e. The normalized spacial score (nSPS) is 10.5. The number of nitrogens with zero attached hydrogens (tertiary/aromatic N) is 2. The second-order valence-electron chi connectivity index (χ2n) is 6.98. The molecule has 0 aliphatic heterocycles. The first-order valence-corrected chi connectivity index (χ1v) is 9.63. The van der Waals surface area contributed by atoms with E-state index in [0.29, 0.717) is 16.4 Å². The number of amides is 2. The van der Waals surface area contributed by atoms with Crippen LogP contribution in [0, 0.1) is 20.8 Å². The number of nitrogens with one attached hydrogen (secondary N) is 2. The van der Waals surface area contributed by atoms with Crippen LogP contribution in [0.3, 0.4) is 0 Å². The van der Waals surface area contributed by atoms with E-state index < -0.39 is 17.4 Å². The standard InChI is InChI=1S/C22H21ClN4O3/c1-13-4-6-16(10-15(13)3)25-22(30)19-8-9-21(29)27(26-19)12-20(28)24-17-7-5-14(2)18(23)11-17/h4-11H,12H2,1-3H3,(H,24,28)(H,25,30). The molecular formula is C22H21ClN4O3. The predicted octanol–water partition coefficient (Wildman–Crippen LogP) is 3.71. The topological polar surface area (TPSA) is 93.1 Å². The van der Waals surface area contributed by atoms with Gasteiger partial charge in [-0.15, -0.1) is 0 Å². The Bertz CT molecular complexity index is 1190. The number of anilines is 2. The average molecular weight is 425 g/mol. The predicted molar refractivity (Wildman–Crippen MR) is 117 cm³/mol. The zero-order chi connectivity index (χ0) is 21.8. The highest BCUT2D eigenvalue weighted by atomic mass is 35.5. The minimum atomic E-state index is -0.491. The third-order valence-corrected chi connectivity index (χ3v) is 5.02. The molecule has 0 aliphatic rings. The summed E-state index contributed by atoms with van der Waals surface area (Å²) >= 11 is 6.06. The highest BCUT2D eigenvalue weighted by Gasteiger charge is 2.13. The molecule has 3 aromatic rings. The summed E-state index contributed by atoms with van der Waals surface area (Å²) in [7, 11) is 0. The van der Waals surface area contributed by atoms with Crippen molar-refractivity contribution in [1.82, 2.24) is 9.78 Å². The molecule has 0 unspecified atom stereocenters. The minimum Gasteiger partial charge on any atom is -0.324 e. The van der Waals surface area contributed by atoms with Crippen LogP contribution in [0.1, 0.15) is 27.2 Å². The molecule has 7 nitrogen and oxygen atoms in total. The van der Waals surface area contributed by atoms with Gasteiger partial charge in [0.05, 0.1) is 0 Å². The number of halogens is 1. The Morgan fingerprint density at radius 1 is 0.900 bits per heavy atom. The SMILES string of the molecule is Cc1ccc(NC(=O)c2ccc(=O)n(CC(=O)Nc3ccc(C)c(Cl)c3)n2)cc1C. The van der Waals surface area contributed by atoms with Gasteiger partial charge in [0.15, 0.2) is 0 Å². The molecule has 2 amide bonds. The van der Waals surface area contributed by atoms with Gasteiger partial charge in [-0.05, 0) is 67.8 Å². The van der Waals surface area contributed by atoms with Crippen molar-refractivity contribution < 1.29 is 9.59 Å². The Morgan fingerprint density at radius 3 is 2.23 bits per heavy atom. The number of hydrogen-bond acceptors (Lipinski definition) is 4. The van der Waals surface area contributed by atoms with Gasteiger partial charge < -0.3 is 10.6 Å². The monoisotopic (exact) mass is 424 g/mol. The Labute approximate surface area is 178 Å². The van der Waals surface area contributed by atoms with E-state index in [4.69, 9.17) is 11.6 Å². The van der Waals surface area contributed by atoms with Gasteiger partial charge >= 0.3 is 0 Å². The van der Waals surface area contributed by atoms with Crippen LogP contribution in [0.5, 0.6) is 0 Å². The van der Waals surface area contributed by atoms with Crippen molar-refractivity contribution in [2.75, 3.05) is 10.6 Å². The lowest BCUT2D eigenvalue weighted by Gasteiger charge is -2.10. The molecule has 1 heterocycles. The van der Waals surface area contributed by atoms with Crippen LogP contribution in [0.2, 0.25) is 5.02 Å². The van der Waals surface area contributed by atoms with Crippen LogP contribution in [0.25, 0.3) is 0 Å². The fraction of sp³-hybridized carbons (Fsp3) is 0.182. The summed E-state index contributed by atoms with van der Waals surface area (Å²) in [5.41, 5.74) is 3.70. The molecule has 2 aromatic carbocycles. The van der Waals surface area contributed by atoms with E-state index in [1.54, 1.807) is 24.3 Å². The lowest BCUT2D eigenvalue weighted by atomic mass is 10.1. The highest BCUT2D eigenvalue weighted by molar-refractivity contribution is 6.31. The Hall–Kier alpha value is -3.45. The lowest BCUT2D eigenvalue weighted by molar-refractivity contribution is -0.117. The zero-order valence-corrected chi connectivity index (χ0v) is 17.6. The molecule has 30 heavy (non-hydrogen) atoms. The van der Waals surface area contributed by atoms with Crippen molar-refractivity contribution in [1.29, 1.82) is 0 Å². The van der Waals surface area contributed by atoms with Crippen LogP contribution in [-0.2, 0) is 11.3 Å². The molecule has 154 valence electrons. The molecule has 3 rings (SSSR count). The quantitative estimate of drug-likeness (QED) is 0.652. The maximum absolute atomic E-state index is 12.5. The van der Waals surface area contributed by atoms with E-state index in [2.05, 4.69) is 15.7 Å². The Kier molecular flexibility index (Phi) is 6.32. The maximum Gasteiger partial charge on any atom is 0.276 e. The molecule has 0 fully saturated rings. The third-order valence-electron chi connectivity index (χ3n) is 4.61. The molecule has 0 radical (unpaired) electrons. The summed E-state index contributed by atoms with van der Waals surface area (Å²) in [5.74, 6) is -0.936. The molecular weight excluding hydrogens is 404 g/mol. The Morgan fingerprint density at radius 2 is 1.57 bits per heavy atom. The van der Waals surface area contributed by atoms with Gasteiger partial charge in [0.25, 0.3) is 11.5 Å². The van der Waals surface area contributed by atoms with Crippen molar-refractivity contribution in [3.05, 3.63) is 86.3 Å². The van der Waals surface area contributed by atoms with Gasteiger partial charge in [-0.2, -0.15) is 5.10 Å². The molecule has 0 saturated carbocycles. The first-order valence-electron chi connectivity index (χ1n) is 9.26. The molecule has 1 aromatic heterocycles. The second-order valence-corrected chi connectivity index (χ2v) is 7.39. The number of benzene rings is 2. The van der Waals surface area contributed by atoms with Crippen LogP contribution in [0.15, 0.2) is 53.3 Å². The molecule has 0 saturated heterocycles. The van der Waals surface area contributed by atoms with Gasteiger partial charge in [-0.1, -0.05) is 23.7 Å². The largest absolute Gasteiger partial charge is 0.324 e. The van der Waals surface area contributed by atoms with Crippen LogP contribution in [-0.4, -0.2) is 21.6 Å². The first-order chi connectivity index (χ1) is 14.2. The number of carbonyl (C=O) groups is 2. The summed E-state index contributed by atoms with van der Waals surface area (Å²) in [4.78, 5) is 36.9. The molecule has 0 aliphatic carbocycles. The summed E-state index contributed by atoms with van der Waals surface area (Å²) < 4.78 is 0.945.